The number of hydrogen-bond donors (Lipinski definition) is 0. The third-order valence-electron chi connectivity index (χ3n) is 4.88. The van der Waals surface area contributed by atoms with Crippen LogP contribution in [0.2, 0.25) is 5.02 Å². The van der Waals surface area contributed by atoms with E-state index in [9.17, 15) is 4.79 Å². The van der Waals surface area contributed by atoms with Gasteiger partial charge in [-0.25, -0.2) is 0 Å². The van der Waals surface area contributed by atoms with Gasteiger partial charge in [0.25, 0.3) is 0 Å². The molecule has 0 saturated heterocycles. The number of allylic oxidation sites excluding steroid dienone is 1. The van der Waals surface area contributed by atoms with Crippen LogP contribution < -0.4 is 9.47 Å². The van der Waals surface area contributed by atoms with Gasteiger partial charge >= 0.3 is 0 Å². The van der Waals surface area contributed by atoms with Gasteiger partial charge in [-0.2, -0.15) is 0 Å². The first kappa shape index (κ1) is 19.3. The molecule has 0 aliphatic heterocycles. The third-order valence-corrected chi connectivity index (χ3v) is 5.25. The van der Waals surface area contributed by atoms with Crippen molar-refractivity contribution in [2.24, 2.45) is 0 Å². The van der Waals surface area contributed by atoms with Crippen molar-refractivity contribution >= 4 is 23.5 Å². The summed E-state index contributed by atoms with van der Waals surface area (Å²) in [6.45, 7) is 2.81. The van der Waals surface area contributed by atoms with E-state index in [1.54, 1.807) is 0 Å². The van der Waals surface area contributed by atoms with E-state index in [2.05, 4.69) is 0 Å². The van der Waals surface area contributed by atoms with E-state index in [-0.39, 0.29) is 5.78 Å². The molecule has 29 heavy (non-hydrogen) atoms. The van der Waals surface area contributed by atoms with Crippen LogP contribution in [0.1, 0.15) is 34.0 Å². The highest BCUT2D eigenvalue weighted by Crippen LogP contribution is 2.33. The first-order valence-corrected chi connectivity index (χ1v) is 9.99. The largest absolute Gasteiger partial charge is 0.490 e. The number of ketones is 1. The van der Waals surface area contributed by atoms with Gasteiger partial charge in [0.15, 0.2) is 17.3 Å². The zero-order valence-corrected chi connectivity index (χ0v) is 16.9. The molecule has 3 aromatic carbocycles. The minimum Gasteiger partial charge on any atom is -0.490 e. The lowest BCUT2D eigenvalue weighted by Gasteiger charge is -2.13. The van der Waals surface area contributed by atoms with Crippen LogP contribution in [0.5, 0.6) is 11.5 Å². The summed E-state index contributed by atoms with van der Waals surface area (Å²) in [5, 5.41) is 0.672. The van der Waals surface area contributed by atoms with Crippen molar-refractivity contribution in [1.82, 2.24) is 0 Å². The van der Waals surface area contributed by atoms with Gasteiger partial charge < -0.3 is 9.47 Å². The van der Waals surface area contributed by atoms with Gasteiger partial charge in [-0.15, -0.1) is 0 Å². The van der Waals surface area contributed by atoms with E-state index in [1.165, 1.54) is 0 Å². The fourth-order valence-electron chi connectivity index (χ4n) is 3.45. The molecule has 0 radical (unpaired) electrons. The van der Waals surface area contributed by atoms with Gasteiger partial charge in [0, 0.05) is 28.1 Å². The number of carbonyl (C=O) groups is 1. The molecule has 0 fully saturated rings. The van der Waals surface area contributed by atoms with Crippen molar-refractivity contribution in [3.8, 4) is 11.5 Å². The minimum atomic E-state index is 0.0950. The number of carbonyl (C=O) groups excluding carboxylic acids is 1. The van der Waals surface area contributed by atoms with Crippen LogP contribution in [0.4, 0.5) is 0 Å². The number of fused-ring (bicyclic) bond motifs is 1. The Bertz CT molecular complexity index is 1080. The standard InChI is InChI=1S/C25H21ClO3/c1-2-28-24-14-17(13-20-15-18-7-3-5-9-21(18)25(20)27)11-12-23(24)29-16-19-8-4-6-10-22(19)26/h3-14H,2,15-16H2,1H3/b20-13+. The maximum absolute atomic E-state index is 12.6. The van der Waals surface area contributed by atoms with Crippen molar-refractivity contribution in [2.45, 2.75) is 20.0 Å². The highest BCUT2D eigenvalue weighted by molar-refractivity contribution is 6.31. The highest BCUT2D eigenvalue weighted by Gasteiger charge is 2.24. The quantitative estimate of drug-likeness (QED) is 0.463. The second-order valence-corrected chi connectivity index (χ2v) is 7.26. The van der Waals surface area contributed by atoms with Crippen LogP contribution in [0.3, 0.4) is 0 Å². The Morgan fingerprint density at radius 2 is 1.76 bits per heavy atom. The Balaban J connectivity index is 1.56. The van der Waals surface area contributed by atoms with Gasteiger partial charge in [0.1, 0.15) is 6.61 Å². The molecule has 0 N–H and O–H groups in total. The molecule has 146 valence electrons. The summed E-state index contributed by atoms with van der Waals surface area (Å²) >= 11 is 6.21. The maximum Gasteiger partial charge on any atom is 0.189 e. The predicted octanol–water partition coefficient (Wildman–Crippen LogP) is 6.14. The summed E-state index contributed by atoms with van der Waals surface area (Å²) in [6.07, 6.45) is 2.59. The van der Waals surface area contributed by atoms with Crippen LogP contribution in [-0.4, -0.2) is 12.4 Å². The molecule has 4 rings (SSSR count). The Morgan fingerprint density at radius 1 is 0.966 bits per heavy atom. The Kier molecular flexibility index (Phi) is 5.68. The van der Waals surface area contributed by atoms with Crippen LogP contribution in [-0.2, 0) is 13.0 Å². The molecule has 0 aromatic heterocycles. The minimum absolute atomic E-state index is 0.0950. The van der Waals surface area contributed by atoms with Gasteiger partial charge in [0.05, 0.1) is 6.61 Å². The number of ether oxygens (including phenoxy) is 2. The molecule has 1 aliphatic carbocycles. The van der Waals surface area contributed by atoms with Crippen molar-refractivity contribution in [1.29, 1.82) is 0 Å². The number of halogens is 1. The molecule has 0 unspecified atom stereocenters. The Labute approximate surface area is 175 Å². The lowest BCUT2D eigenvalue weighted by Crippen LogP contribution is -2.01. The van der Waals surface area contributed by atoms with Crippen molar-refractivity contribution < 1.29 is 14.3 Å². The van der Waals surface area contributed by atoms with Crippen LogP contribution in [0.25, 0.3) is 6.08 Å². The summed E-state index contributed by atoms with van der Waals surface area (Å²) < 4.78 is 11.7. The maximum atomic E-state index is 12.6. The molecule has 3 nitrogen and oxygen atoms in total. The van der Waals surface area contributed by atoms with Gasteiger partial charge in [0.2, 0.25) is 0 Å². The molecule has 1 aliphatic rings. The summed E-state index contributed by atoms with van der Waals surface area (Å²) in [6, 6.07) is 21.1. The molecule has 0 heterocycles. The fraction of sp³-hybridized carbons (Fsp3) is 0.160. The first-order valence-electron chi connectivity index (χ1n) is 9.62. The molecule has 0 spiro atoms. The van der Waals surface area contributed by atoms with E-state index in [4.69, 9.17) is 21.1 Å². The van der Waals surface area contributed by atoms with Crippen molar-refractivity contribution in [2.75, 3.05) is 6.61 Å². The molecule has 3 aromatic rings. The Morgan fingerprint density at radius 3 is 2.55 bits per heavy atom. The van der Waals surface area contributed by atoms with Gasteiger partial charge in [-0.3, -0.25) is 4.79 Å². The molecule has 0 saturated carbocycles. The SMILES string of the molecule is CCOc1cc(/C=C2\Cc3ccccc3C2=O)ccc1OCc1ccccc1Cl. The molecule has 4 heteroatoms. The Hall–Kier alpha value is -3.04. The average Bonchev–Trinajstić information content (AvgIpc) is 3.04. The lowest BCUT2D eigenvalue weighted by molar-refractivity contribution is 0.104. The van der Waals surface area contributed by atoms with E-state index in [0.29, 0.717) is 36.2 Å². The van der Waals surface area contributed by atoms with Crippen LogP contribution >= 0.6 is 11.6 Å². The second kappa shape index (κ2) is 8.54. The zero-order valence-electron chi connectivity index (χ0n) is 16.2. The van der Waals surface area contributed by atoms with Crippen molar-refractivity contribution in [3.05, 3.63) is 99.6 Å². The van der Waals surface area contributed by atoms with Crippen molar-refractivity contribution in [3.63, 3.8) is 0 Å². The molecule has 0 bridgehead atoms. The first-order chi connectivity index (χ1) is 14.2. The number of hydrogen-bond acceptors (Lipinski definition) is 3. The average molecular weight is 405 g/mol. The normalized spacial score (nSPS) is 14.1. The van der Waals surface area contributed by atoms with E-state index in [1.807, 2.05) is 79.7 Å². The summed E-state index contributed by atoms with van der Waals surface area (Å²) in [4.78, 5) is 12.6. The highest BCUT2D eigenvalue weighted by atomic mass is 35.5. The number of benzene rings is 3. The van der Waals surface area contributed by atoms with Crippen LogP contribution in [0.15, 0.2) is 72.3 Å². The molecular weight excluding hydrogens is 384 g/mol. The second-order valence-electron chi connectivity index (χ2n) is 6.85. The number of rotatable bonds is 6. The lowest BCUT2D eigenvalue weighted by atomic mass is 10.1. The number of Topliss-reactive ketones (excluding diaryl/α,β-unsaturated/α-hetero) is 1. The smallest absolute Gasteiger partial charge is 0.189 e. The third kappa shape index (κ3) is 4.20. The predicted molar refractivity (Wildman–Crippen MR) is 116 cm³/mol. The molecule has 0 amide bonds. The molecular formula is C25H21ClO3. The summed E-state index contributed by atoms with van der Waals surface area (Å²) in [7, 11) is 0. The van der Waals surface area contributed by atoms with E-state index >= 15 is 0 Å². The van der Waals surface area contributed by atoms with E-state index < -0.39 is 0 Å². The van der Waals surface area contributed by atoms with E-state index in [0.717, 1.165) is 27.8 Å². The molecule has 0 atom stereocenters. The summed E-state index contributed by atoms with van der Waals surface area (Å²) in [5.74, 6) is 1.39. The topological polar surface area (TPSA) is 35.5 Å². The summed E-state index contributed by atoms with van der Waals surface area (Å²) in [5.41, 5.74) is 4.49. The monoisotopic (exact) mass is 404 g/mol. The van der Waals surface area contributed by atoms with Crippen LogP contribution in [0, 0.1) is 0 Å². The fourth-order valence-corrected chi connectivity index (χ4v) is 3.64. The zero-order chi connectivity index (χ0) is 20.2. The van der Waals surface area contributed by atoms with Gasteiger partial charge in [-0.05, 0) is 42.3 Å². The van der Waals surface area contributed by atoms with Gasteiger partial charge in [-0.1, -0.05) is 60.1 Å².